The Bertz CT molecular complexity index is 492. The number of hydrogen-bond acceptors (Lipinski definition) is 4. The third-order valence-electron chi connectivity index (χ3n) is 3.99. The highest BCUT2D eigenvalue weighted by Gasteiger charge is 2.39. The van der Waals surface area contributed by atoms with Gasteiger partial charge in [0.25, 0.3) is 0 Å². The monoisotopic (exact) mass is 371 g/mol. The van der Waals surface area contributed by atoms with Gasteiger partial charge >= 0.3 is 6.09 Å². The predicted octanol–water partition coefficient (Wildman–Crippen LogP) is 3.22. The van der Waals surface area contributed by atoms with E-state index in [1.54, 1.807) is 0 Å². The number of carbonyl (C=O) groups excluding carboxylic acids is 1. The molecule has 5 nitrogen and oxygen atoms in total. The first-order valence-corrected chi connectivity index (χ1v) is 8.44. The van der Waals surface area contributed by atoms with Gasteiger partial charge in [-0.3, -0.25) is 4.90 Å². The molecule has 22 heavy (non-hydrogen) atoms. The molecule has 0 spiro atoms. The fourth-order valence-electron chi connectivity index (χ4n) is 2.51. The predicted molar refractivity (Wildman–Crippen MR) is 91.7 cm³/mol. The molecule has 2 N–H and O–H groups in total. The number of rotatable bonds is 8. The molecule has 0 aliphatic heterocycles. The second kappa shape index (κ2) is 8.48. The minimum absolute atomic E-state index is 0.112. The molecule has 1 heterocycles. The number of nitrogens with two attached hydrogens (primary N) is 1. The van der Waals surface area contributed by atoms with Gasteiger partial charge in [0.05, 0.1) is 0 Å². The Labute approximate surface area is 141 Å². The zero-order valence-electron chi connectivity index (χ0n) is 13.8. The van der Waals surface area contributed by atoms with Crippen molar-refractivity contribution in [3.05, 3.63) is 28.5 Å². The Hall–Kier alpha value is -1.14. The molecule has 1 unspecified atom stereocenters. The molecule has 0 bridgehead atoms. The largest absolute Gasteiger partial charge is 0.441 e. The van der Waals surface area contributed by atoms with E-state index in [0.717, 1.165) is 23.4 Å². The minimum atomic E-state index is -0.740. The van der Waals surface area contributed by atoms with Gasteiger partial charge in [0.2, 0.25) is 0 Å². The van der Waals surface area contributed by atoms with Crippen molar-refractivity contribution in [2.45, 2.75) is 39.7 Å². The van der Waals surface area contributed by atoms with Gasteiger partial charge in [-0.1, -0.05) is 33.8 Å². The van der Waals surface area contributed by atoms with Crippen molar-refractivity contribution in [2.75, 3.05) is 19.6 Å². The van der Waals surface area contributed by atoms with Crippen molar-refractivity contribution in [2.24, 2.45) is 11.7 Å². The molecule has 0 aliphatic carbocycles. The molecule has 0 aliphatic rings. The molecule has 0 radical (unpaired) electrons. The molecular formula is C16H26BrN3O2. The SMILES string of the molecule is CCN(CC)CC(Cc1cccc(Br)n1)(OC(N)=O)C(C)C. The highest BCUT2D eigenvalue weighted by Crippen LogP contribution is 2.28. The molecule has 0 fully saturated rings. The lowest BCUT2D eigenvalue weighted by Gasteiger charge is -2.40. The summed E-state index contributed by atoms with van der Waals surface area (Å²) < 4.78 is 6.39. The van der Waals surface area contributed by atoms with E-state index < -0.39 is 11.7 Å². The van der Waals surface area contributed by atoms with Crippen molar-refractivity contribution < 1.29 is 9.53 Å². The number of carbonyl (C=O) groups is 1. The number of primary amides is 1. The van der Waals surface area contributed by atoms with Gasteiger partial charge in [-0.05, 0) is 47.1 Å². The highest BCUT2D eigenvalue weighted by molar-refractivity contribution is 9.10. The molecule has 0 aromatic carbocycles. The van der Waals surface area contributed by atoms with E-state index in [4.69, 9.17) is 10.5 Å². The van der Waals surface area contributed by atoms with Gasteiger partial charge in [-0.2, -0.15) is 0 Å². The van der Waals surface area contributed by atoms with Gasteiger partial charge in [0.15, 0.2) is 0 Å². The van der Waals surface area contributed by atoms with Crippen LogP contribution in [0.2, 0.25) is 0 Å². The standard InChI is InChI=1S/C16H26BrN3O2/c1-5-20(6-2)11-16(12(3)4,22-15(18)21)10-13-8-7-9-14(17)19-13/h7-9,12H,5-6,10-11H2,1-4H3,(H2,18,21). The molecule has 1 rings (SSSR count). The van der Waals surface area contributed by atoms with Crippen LogP contribution in [0.3, 0.4) is 0 Å². The maximum Gasteiger partial charge on any atom is 0.405 e. The van der Waals surface area contributed by atoms with E-state index in [2.05, 4.69) is 39.7 Å². The van der Waals surface area contributed by atoms with Gasteiger partial charge in [0, 0.05) is 18.7 Å². The average molecular weight is 372 g/mol. The summed E-state index contributed by atoms with van der Waals surface area (Å²) in [4.78, 5) is 18.2. The van der Waals surface area contributed by atoms with Gasteiger partial charge in [-0.15, -0.1) is 0 Å². The lowest BCUT2D eigenvalue weighted by molar-refractivity contribution is -0.0432. The fourth-order valence-corrected chi connectivity index (χ4v) is 2.89. The van der Waals surface area contributed by atoms with Crippen LogP contribution < -0.4 is 5.73 Å². The van der Waals surface area contributed by atoms with Crippen molar-refractivity contribution in [1.82, 2.24) is 9.88 Å². The van der Waals surface area contributed by atoms with E-state index in [-0.39, 0.29) is 5.92 Å². The number of amides is 1. The van der Waals surface area contributed by atoms with Crippen LogP contribution >= 0.6 is 15.9 Å². The first-order chi connectivity index (χ1) is 10.3. The second-order valence-corrected chi connectivity index (χ2v) is 6.54. The van der Waals surface area contributed by atoms with Crippen LogP contribution in [0.25, 0.3) is 0 Å². The van der Waals surface area contributed by atoms with Crippen LogP contribution in [0.15, 0.2) is 22.8 Å². The number of pyridine rings is 1. The van der Waals surface area contributed by atoms with Crippen LogP contribution in [0.5, 0.6) is 0 Å². The molecule has 1 aromatic rings. The van der Waals surface area contributed by atoms with Crippen molar-refractivity contribution in [3.8, 4) is 0 Å². The molecule has 1 amide bonds. The van der Waals surface area contributed by atoms with E-state index in [9.17, 15) is 4.79 Å². The second-order valence-electron chi connectivity index (χ2n) is 5.73. The number of aromatic nitrogens is 1. The summed E-state index contributed by atoms with van der Waals surface area (Å²) in [7, 11) is 0. The lowest BCUT2D eigenvalue weighted by atomic mass is 9.84. The Morgan fingerprint density at radius 3 is 2.50 bits per heavy atom. The number of ether oxygens (including phenoxy) is 1. The summed E-state index contributed by atoms with van der Waals surface area (Å²) >= 11 is 3.38. The zero-order chi connectivity index (χ0) is 16.8. The Kier molecular flexibility index (Phi) is 7.29. The Morgan fingerprint density at radius 1 is 1.41 bits per heavy atom. The maximum absolute atomic E-state index is 11.5. The summed E-state index contributed by atoms with van der Waals surface area (Å²) in [5.41, 5.74) is 5.53. The van der Waals surface area contributed by atoms with E-state index >= 15 is 0 Å². The zero-order valence-corrected chi connectivity index (χ0v) is 15.4. The average Bonchev–Trinajstić information content (AvgIpc) is 2.43. The van der Waals surface area contributed by atoms with Crippen LogP contribution in [-0.2, 0) is 11.2 Å². The molecule has 124 valence electrons. The van der Waals surface area contributed by atoms with Gasteiger partial charge in [0.1, 0.15) is 10.2 Å². The Morgan fingerprint density at radius 2 is 2.05 bits per heavy atom. The molecule has 0 saturated carbocycles. The molecule has 6 heteroatoms. The van der Waals surface area contributed by atoms with Crippen molar-refractivity contribution in [1.29, 1.82) is 0 Å². The highest BCUT2D eigenvalue weighted by atomic mass is 79.9. The summed E-state index contributed by atoms with van der Waals surface area (Å²) in [6.07, 6.45) is -0.209. The first-order valence-electron chi connectivity index (χ1n) is 7.65. The van der Waals surface area contributed by atoms with E-state index in [1.165, 1.54) is 0 Å². The molecule has 1 atom stereocenters. The van der Waals surface area contributed by atoms with Crippen molar-refractivity contribution >= 4 is 22.0 Å². The Balaban J connectivity index is 3.14. The van der Waals surface area contributed by atoms with Gasteiger partial charge < -0.3 is 10.5 Å². The summed E-state index contributed by atoms with van der Waals surface area (Å²) in [6, 6.07) is 5.74. The summed E-state index contributed by atoms with van der Waals surface area (Å²) in [5.74, 6) is 0.112. The van der Waals surface area contributed by atoms with E-state index in [1.807, 2.05) is 32.0 Å². The van der Waals surface area contributed by atoms with Gasteiger partial charge in [-0.25, -0.2) is 9.78 Å². The number of hydrogen-bond donors (Lipinski definition) is 1. The molecule has 1 aromatic heterocycles. The van der Waals surface area contributed by atoms with Crippen LogP contribution in [-0.4, -0.2) is 41.2 Å². The summed E-state index contributed by atoms with van der Waals surface area (Å²) in [5, 5.41) is 0. The molecular weight excluding hydrogens is 346 g/mol. The van der Waals surface area contributed by atoms with E-state index in [0.29, 0.717) is 13.0 Å². The number of nitrogens with zero attached hydrogens (tertiary/aromatic N) is 2. The van der Waals surface area contributed by atoms with Crippen LogP contribution in [0.1, 0.15) is 33.4 Å². The fraction of sp³-hybridized carbons (Fsp3) is 0.625. The minimum Gasteiger partial charge on any atom is -0.441 e. The number of likely N-dealkylation sites (N-methyl/N-ethyl adjacent to an activating group) is 1. The lowest BCUT2D eigenvalue weighted by Crippen LogP contribution is -2.52. The third-order valence-corrected chi connectivity index (χ3v) is 4.44. The first kappa shape index (κ1) is 18.9. The number of halogens is 1. The van der Waals surface area contributed by atoms with Crippen LogP contribution in [0.4, 0.5) is 4.79 Å². The summed E-state index contributed by atoms with van der Waals surface area (Å²) in [6.45, 7) is 10.7. The third kappa shape index (κ3) is 5.25. The van der Waals surface area contributed by atoms with Crippen LogP contribution in [0, 0.1) is 5.92 Å². The normalized spacial score (nSPS) is 14.1. The topological polar surface area (TPSA) is 68.5 Å². The molecule has 0 saturated heterocycles. The quantitative estimate of drug-likeness (QED) is 0.712. The van der Waals surface area contributed by atoms with Crippen molar-refractivity contribution in [3.63, 3.8) is 0 Å². The maximum atomic E-state index is 11.5. The smallest absolute Gasteiger partial charge is 0.405 e.